The summed E-state index contributed by atoms with van der Waals surface area (Å²) >= 11 is 0. The largest absolute Gasteiger partial charge is 0.497 e. The first-order chi connectivity index (χ1) is 17.9. The molecule has 4 aromatic rings. The lowest BCUT2D eigenvalue weighted by Gasteiger charge is -2.26. The van der Waals surface area contributed by atoms with E-state index in [1.165, 1.54) is 12.1 Å². The molecule has 0 bridgehead atoms. The Balaban J connectivity index is 1.62. The molecule has 1 aromatic heterocycles. The van der Waals surface area contributed by atoms with Crippen molar-refractivity contribution in [3.05, 3.63) is 105 Å². The summed E-state index contributed by atoms with van der Waals surface area (Å²) in [6, 6.07) is 19.3. The van der Waals surface area contributed by atoms with Crippen molar-refractivity contribution in [3.8, 4) is 17.0 Å². The molecule has 10 heteroatoms. The van der Waals surface area contributed by atoms with Crippen LogP contribution in [0.15, 0.2) is 72.8 Å². The number of benzene rings is 3. The smallest absolute Gasteiger partial charge is 0.338 e. The van der Waals surface area contributed by atoms with E-state index in [0.29, 0.717) is 39.5 Å². The van der Waals surface area contributed by atoms with Gasteiger partial charge < -0.3 is 9.47 Å². The lowest BCUT2D eigenvalue weighted by atomic mass is 9.95. The zero-order chi connectivity index (χ0) is 26.1. The van der Waals surface area contributed by atoms with E-state index in [9.17, 15) is 19.7 Å². The standard InChI is InChI=1S/C27H22N4O6/c1-3-37-27(33)18-6-10-19(11-7-18)30-25(17-4-12-20(13-5-17)31(34)35)22-23(28-29-24(22)26(30)32)16-8-14-21(36-2)15-9-16/h4-15,25H,3H2,1-2H3,(H,28,29). The molecule has 0 saturated heterocycles. The van der Waals surface area contributed by atoms with Crippen LogP contribution in [0.1, 0.15) is 44.9 Å². The van der Waals surface area contributed by atoms with Gasteiger partial charge >= 0.3 is 5.97 Å². The first-order valence-electron chi connectivity index (χ1n) is 11.5. The Morgan fingerprint density at radius 3 is 2.32 bits per heavy atom. The van der Waals surface area contributed by atoms with Gasteiger partial charge in [0, 0.05) is 28.9 Å². The molecule has 1 atom stereocenters. The van der Waals surface area contributed by atoms with Crippen molar-refractivity contribution in [1.82, 2.24) is 10.2 Å². The number of carbonyl (C=O) groups excluding carboxylic acids is 2. The normalized spacial score (nSPS) is 14.4. The van der Waals surface area contributed by atoms with Gasteiger partial charge in [-0.1, -0.05) is 0 Å². The maximum atomic E-state index is 13.7. The number of hydrogen-bond donors (Lipinski definition) is 1. The number of H-pyrrole nitrogens is 1. The van der Waals surface area contributed by atoms with E-state index in [2.05, 4.69) is 10.2 Å². The Morgan fingerprint density at radius 1 is 1.05 bits per heavy atom. The van der Waals surface area contributed by atoms with Crippen LogP contribution >= 0.6 is 0 Å². The number of anilines is 1. The van der Waals surface area contributed by atoms with Crippen molar-refractivity contribution >= 4 is 23.3 Å². The van der Waals surface area contributed by atoms with Gasteiger partial charge in [0.2, 0.25) is 0 Å². The number of methoxy groups -OCH3 is 1. The number of non-ortho nitro benzene ring substituents is 1. The average molecular weight is 498 g/mol. The molecule has 2 heterocycles. The van der Waals surface area contributed by atoms with E-state index in [0.717, 1.165) is 5.56 Å². The zero-order valence-corrected chi connectivity index (χ0v) is 20.0. The van der Waals surface area contributed by atoms with Crippen LogP contribution in [0, 0.1) is 10.1 Å². The number of carbonyl (C=O) groups is 2. The van der Waals surface area contributed by atoms with Crippen LogP contribution in [0.25, 0.3) is 11.3 Å². The highest BCUT2D eigenvalue weighted by molar-refractivity contribution is 6.12. The lowest BCUT2D eigenvalue weighted by Crippen LogP contribution is -2.29. The fourth-order valence-electron chi connectivity index (χ4n) is 4.45. The van der Waals surface area contributed by atoms with Crippen LogP contribution in [-0.2, 0) is 4.74 Å². The summed E-state index contributed by atoms with van der Waals surface area (Å²) in [6.45, 7) is 1.98. The molecule has 186 valence electrons. The van der Waals surface area contributed by atoms with Gasteiger partial charge in [0.05, 0.1) is 35.9 Å². The highest BCUT2D eigenvalue weighted by atomic mass is 16.6. The van der Waals surface area contributed by atoms with Crippen molar-refractivity contribution in [2.75, 3.05) is 18.6 Å². The van der Waals surface area contributed by atoms with Crippen molar-refractivity contribution < 1.29 is 24.0 Å². The van der Waals surface area contributed by atoms with Crippen LogP contribution in [0.3, 0.4) is 0 Å². The third kappa shape index (κ3) is 4.18. The molecule has 0 aliphatic carbocycles. The Kier molecular flexibility index (Phi) is 6.14. The minimum atomic E-state index is -0.618. The average Bonchev–Trinajstić information content (AvgIpc) is 3.48. The second-order valence-electron chi connectivity index (χ2n) is 8.28. The van der Waals surface area contributed by atoms with E-state index in [1.54, 1.807) is 67.5 Å². The van der Waals surface area contributed by atoms with Gasteiger partial charge in [0.1, 0.15) is 11.4 Å². The summed E-state index contributed by atoms with van der Waals surface area (Å²) < 4.78 is 10.3. The topological polar surface area (TPSA) is 128 Å². The molecule has 37 heavy (non-hydrogen) atoms. The zero-order valence-electron chi connectivity index (χ0n) is 20.0. The van der Waals surface area contributed by atoms with Gasteiger partial charge in [-0.15, -0.1) is 0 Å². The lowest BCUT2D eigenvalue weighted by molar-refractivity contribution is -0.384. The van der Waals surface area contributed by atoms with Gasteiger partial charge in [-0.25, -0.2) is 4.79 Å². The summed E-state index contributed by atoms with van der Waals surface area (Å²) in [4.78, 5) is 38.1. The number of nitrogens with zero attached hydrogens (tertiary/aromatic N) is 3. The predicted molar refractivity (Wildman–Crippen MR) is 135 cm³/mol. The minimum absolute atomic E-state index is 0.0544. The molecule has 3 aromatic carbocycles. The third-order valence-corrected chi connectivity index (χ3v) is 6.21. The minimum Gasteiger partial charge on any atom is -0.497 e. The van der Waals surface area contributed by atoms with Gasteiger partial charge in [0.25, 0.3) is 11.6 Å². The Labute approximate surface area is 211 Å². The maximum Gasteiger partial charge on any atom is 0.338 e. The summed E-state index contributed by atoms with van der Waals surface area (Å²) in [6.07, 6.45) is 0. The van der Waals surface area contributed by atoms with Crippen molar-refractivity contribution in [3.63, 3.8) is 0 Å². The quantitative estimate of drug-likeness (QED) is 0.218. The van der Waals surface area contributed by atoms with E-state index in [4.69, 9.17) is 9.47 Å². The number of fused-ring (bicyclic) bond motifs is 1. The molecule has 1 amide bonds. The third-order valence-electron chi connectivity index (χ3n) is 6.21. The number of amides is 1. The summed E-state index contributed by atoms with van der Waals surface area (Å²) in [5, 5.41) is 18.6. The van der Waals surface area contributed by atoms with Gasteiger partial charge in [-0.2, -0.15) is 5.10 Å². The van der Waals surface area contributed by atoms with Crippen LogP contribution in [0.5, 0.6) is 5.75 Å². The molecule has 1 N–H and O–H groups in total. The van der Waals surface area contributed by atoms with Gasteiger partial charge in [-0.3, -0.25) is 24.9 Å². The van der Waals surface area contributed by atoms with E-state index in [1.807, 2.05) is 12.1 Å². The molecule has 1 unspecified atom stereocenters. The van der Waals surface area contributed by atoms with Gasteiger partial charge in [-0.05, 0) is 73.2 Å². The Morgan fingerprint density at radius 2 is 1.73 bits per heavy atom. The maximum absolute atomic E-state index is 13.7. The molecule has 0 fully saturated rings. The first kappa shape index (κ1) is 23.7. The van der Waals surface area contributed by atoms with E-state index in [-0.39, 0.29) is 18.2 Å². The molecular weight excluding hydrogens is 476 g/mol. The SMILES string of the molecule is CCOC(=O)c1ccc(N2C(=O)c3[nH]nc(-c4ccc(OC)cc4)c3C2c2ccc([N+](=O)[O-])cc2)cc1. The van der Waals surface area contributed by atoms with E-state index < -0.39 is 16.9 Å². The second-order valence-corrected chi connectivity index (χ2v) is 8.28. The van der Waals surface area contributed by atoms with E-state index >= 15 is 0 Å². The summed E-state index contributed by atoms with van der Waals surface area (Å²) in [5.74, 6) is -0.0818. The number of nitrogens with one attached hydrogen (secondary N) is 1. The van der Waals surface area contributed by atoms with Gasteiger partial charge in [0.15, 0.2) is 0 Å². The molecule has 10 nitrogen and oxygen atoms in total. The monoisotopic (exact) mass is 498 g/mol. The molecule has 5 rings (SSSR count). The molecule has 0 radical (unpaired) electrons. The molecular formula is C27H22N4O6. The predicted octanol–water partition coefficient (Wildman–Crippen LogP) is 4.92. The molecule has 1 aliphatic heterocycles. The fraction of sp³-hybridized carbons (Fsp3) is 0.148. The van der Waals surface area contributed by atoms with Crippen molar-refractivity contribution in [2.24, 2.45) is 0 Å². The summed E-state index contributed by atoms with van der Waals surface area (Å²) in [7, 11) is 1.58. The highest BCUT2D eigenvalue weighted by Crippen LogP contribution is 2.45. The number of esters is 1. The number of aromatic amines is 1. The first-order valence-corrected chi connectivity index (χ1v) is 11.5. The number of nitro benzene ring substituents is 1. The fourth-order valence-corrected chi connectivity index (χ4v) is 4.45. The Hall–Kier alpha value is -4.99. The van der Waals surface area contributed by atoms with Crippen LogP contribution in [-0.4, -0.2) is 40.7 Å². The molecule has 0 saturated carbocycles. The highest BCUT2D eigenvalue weighted by Gasteiger charge is 2.43. The Bertz CT molecular complexity index is 1480. The summed E-state index contributed by atoms with van der Waals surface area (Å²) in [5.41, 5.74) is 3.86. The molecule has 0 spiro atoms. The second kappa shape index (κ2) is 9.57. The number of rotatable bonds is 7. The number of aromatic nitrogens is 2. The van der Waals surface area contributed by atoms with Crippen molar-refractivity contribution in [1.29, 1.82) is 0 Å². The van der Waals surface area contributed by atoms with Crippen LogP contribution < -0.4 is 9.64 Å². The number of hydrogen-bond acceptors (Lipinski definition) is 7. The molecule has 1 aliphatic rings. The van der Waals surface area contributed by atoms with Crippen LogP contribution in [0.4, 0.5) is 11.4 Å². The number of nitro groups is 1. The van der Waals surface area contributed by atoms with Crippen molar-refractivity contribution in [2.45, 2.75) is 13.0 Å². The number of ether oxygens (including phenoxy) is 2. The van der Waals surface area contributed by atoms with Crippen LogP contribution in [0.2, 0.25) is 0 Å².